The zero-order chi connectivity index (χ0) is 13.0. The van der Waals surface area contributed by atoms with Gasteiger partial charge in [0.25, 0.3) is 0 Å². The van der Waals surface area contributed by atoms with Crippen LogP contribution in [0.3, 0.4) is 0 Å². The van der Waals surface area contributed by atoms with E-state index >= 15 is 0 Å². The van der Waals surface area contributed by atoms with Crippen molar-refractivity contribution in [3.05, 3.63) is 39.4 Å². The first-order chi connectivity index (χ1) is 8.69. The number of esters is 1. The van der Waals surface area contributed by atoms with E-state index in [0.717, 1.165) is 4.88 Å². The number of carbonyl (C=O) groups excluding carboxylic acids is 2. The molecule has 0 fully saturated rings. The molecule has 0 aliphatic carbocycles. The topological polar surface area (TPSA) is 55.4 Å². The number of thiophene rings is 2. The number of rotatable bonds is 4. The number of amides is 1. The number of anilines is 1. The van der Waals surface area contributed by atoms with Gasteiger partial charge < -0.3 is 10.1 Å². The molecule has 94 valence electrons. The molecule has 1 N–H and O–H groups in total. The van der Waals surface area contributed by atoms with Crippen LogP contribution < -0.4 is 5.32 Å². The van der Waals surface area contributed by atoms with Crippen LogP contribution in [0.1, 0.15) is 15.2 Å². The first kappa shape index (κ1) is 12.8. The van der Waals surface area contributed by atoms with E-state index < -0.39 is 5.97 Å². The molecule has 4 nitrogen and oxygen atoms in total. The van der Waals surface area contributed by atoms with Crippen LogP contribution in [0.5, 0.6) is 0 Å². The van der Waals surface area contributed by atoms with Crippen LogP contribution in [0.4, 0.5) is 5.00 Å². The highest BCUT2D eigenvalue weighted by Gasteiger charge is 2.11. The molecule has 0 saturated heterocycles. The highest BCUT2D eigenvalue weighted by Crippen LogP contribution is 2.21. The van der Waals surface area contributed by atoms with Gasteiger partial charge in [0.2, 0.25) is 5.91 Å². The van der Waals surface area contributed by atoms with Gasteiger partial charge in [0.1, 0.15) is 0 Å². The van der Waals surface area contributed by atoms with Crippen LogP contribution in [0.2, 0.25) is 0 Å². The van der Waals surface area contributed by atoms with Gasteiger partial charge in [-0.2, -0.15) is 0 Å². The second-order valence-corrected chi connectivity index (χ2v) is 5.44. The summed E-state index contributed by atoms with van der Waals surface area (Å²) in [7, 11) is 1.33. The molecule has 0 aliphatic rings. The summed E-state index contributed by atoms with van der Waals surface area (Å²) in [6, 6.07) is 5.44. The lowest BCUT2D eigenvalue weighted by Crippen LogP contribution is -2.12. The minimum absolute atomic E-state index is 0.0873. The molecule has 0 aliphatic heterocycles. The quantitative estimate of drug-likeness (QED) is 0.877. The van der Waals surface area contributed by atoms with Crippen molar-refractivity contribution in [3.8, 4) is 0 Å². The molecule has 6 heteroatoms. The third-order valence-electron chi connectivity index (χ3n) is 2.20. The predicted octanol–water partition coefficient (Wildman–Crippen LogP) is 2.78. The van der Waals surface area contributed by atoms with Crippen molar-refractivity contribution < 1.29 is 14.3 Å². The Bertz CT molecular complexity index is 545. The molecule has 0 bridgehead atoms. The van der Waals surface area contributed by atoms with Crippen LogP contribution in [-0.2, 0) is 16.0 Å². The molecule has 2 heterocycles. The van der Waals surface area contributed by atoms with Crippen LogP contribution in [0.25, 0.3) is 0 Å². The molecule has 0 spiro atoms. The molecule has 0 atom stereocenters. The van der Waals surface area contributed by atoms with E-state index in [1.54, 1.807) is 22.8 Å². The van der Waals surface area contributed by atoms with Crippen molar-refractivity contribution in [1.82, 2.24) is 0 Å². The van der Waals surface area contributed by atoms with Gasteiger partial charge in [-0.1, -0.05) is 6.07 Å². The number of carbonyl (C=O) groups is 2. The molecule has 2 rings (SSSR count). The minimum Gasteiger partial charge on any atom is -0.465 e. The van der Waals surface area contributed by atoms with Gasteiger partial charge in [-0.25, -0.2) is 4.79 Å². The zero-order valence-electron chi connectivity index (χ0n) is 9.64. The molecule has 2 aromatic rings. The maximum Gasteiger partial charge on any atom is 0.338 e. The van der Waals surface area contributed by atoms with E-state index in [0.29, 0.717) is 17.0 Å². The molecule has 2 aromatic heterocycles. The molecular formula is C12H11NO3S2. The number of hydrogen-bond donors (Lipinski definition) is 1. The standard InChI is InChI=1S/C12H11NO3S2/c1-16-12(15)8-5-11(18-7-8)13-10(14)6-9-3-2-4-17-9/h2-5,7H,6H2,1H3,(H,13,14). The normalized spacial score (nSPS) is 10.1. The van der Waals surface area contributed by atoms with E-state index in [-0.39, 0.29) is 5.91 Å². The molecule has 0 radical (unpaired) electrons. The van der Waals surface area contributed by atoms with E-state index in [1.807, 2.05) is 17.5 Å². The maximum atomic E-state index is 11.7. The Labute approximate surface area is 112 Å². The van der Waals surface area contributed by atoms with Crippen molar-refractivity contribution in [2.24, 2.45) is 0 Å². The second-order valence-electron chi connectivity index (χ2n) is 3.50. The largest absolute Gasteiger partial charge is 0.465 e. The van der Waals surface area contributed by atoms with Crippen LogP contribution in [0, 0.1) is 0 Å². The summed E-state index contributed by atoms with van der Waals surface area (Å²) in [6.45, 7) is 0. The molecular weight excluding hydrogens is 270 g/mol. The van der Waals surface area contributed by atoms with E-state index in [9.17, 15) is 9.59 Å². The van der Waals surface area contributed by atoms with Gasteiger partial charge in [0.15, 0.2) is 0 Å². The lowest BCUT2D eigenvalue weighted by Gasteiger charge is -2.00. The van der Waals surface area contributed by atoms with Crippen LogP contribution >= 0.6 is 22.7 Å². The summed E-state index contributed by atoms with van der Waals surface area (Å²) in [5.74, 6) is -0.485. The summed E-state index contributed by atoms with van der Waals surface area (Å²) in [6.07, 6.45) is 0.350. The highest BCUT2D eigenvalue weighted by molar-refractivity contribution is 7.14. The fraction of sp³-hybridized carbons (Fsp3) is 0.167. The Morgan fingerprint density at radius 2 is 2.22 bits per heavy atom. The Morgan fingerprint density at radius 1 is 1.39 bits per heavy atom. The fourth-order valence-electron chi connectivity index (χ4n) is 1.38. The average molecular weight is 281 g/mol. The Kier molecular flexibility index (Phi) is 4.11. The highest BCUT2D eigenvalue weighted by atomic mass is 32.1. The van der Waals surface area contributed by atoms with Crippen molar-refractivity contribution in [3.63, 3.8) is 0 Å². The monoisotopic (exact) mass is 281 g/mol. The van der Waals surface area contributed by atoms with Gasteiger partial charge in [-0.3, -0.25) is 4.79 Å². The number of ether oxygens (including phenoxy) is 1. The van der Waals surface area contributed by atoms with Crippen molar-refractivity contribution >= 4 is 39.6 Å². The Balaban J connectivity index is 1.95. The summed E-state index contributed by atoms with van der Waals surface area (Å²) in [5, 5.41) is 7.00. The summed E-state index contributed by atoms with van der Waals surface area (Å²) < 4.78 is 4.60. The van der Waals surface area contributed by atoms with E-state index in [1.165, 1.54) is 18.4 Å². The smallest absolute Gasteiger partial charge is 0.338 e. The van der Waals surface area contributed by atoms with Gasteiger partial charge in [-0.05, 0) is 17.5 Å². The predicted molar refractivity (Wildman–Crippen MR) is 72.3 cm³/mol. The average Bonchev–Trinajstić information content (AvgIpc) is 2.99. The van der Waals surface area contributed by atoms with Crippen molar-refractivity contribution in [2.45, 2.75) is 6.42 Å². The lowest BCUT2D eigenvalue weighted by molar-refractivity contribution is -0.115. The maximum absolute atomic E-state index is 11.7. The van der Waals surface area contributed by atoms with E-state index in [4.69, 9.17) is 0 Å². The molecule has 18 heavy (non-hydrogen) atoms. The molecule has 1 amide bonds. The van der Waals surface area contributed by atoms with Gasteiger partial charge >= 0.3 is 5.97 Å². The molecule has 0 saturated carbocycles. The lowest BCUT2D eigenvalue weighted by atomic mass is 10.3. The van der Waals surface area contributed by atoms with Gasteiger partial charge in [0.05, 0.1) is 24.1 Å². The summed E-state index contributed by atoms with van der Waals surface area (Å²) in [5.41, 5.74) is 0.453. The molecule has 0 aromatic carbocycles. The van der Waals surface area contributed by atoms with Crippen molar-refractivity contribution in [2.75, 3.05) is 12.4 Å². The third kappa shape index (κ3) is 3.18. The summed E-state index contributed by atoms with van der Waals surface area (Å²) >= 11 is 2.85. The van der Waals surface area contributed by atoms with Crippen molar-refractivity contribution in [1.29, 1.82) is 0 Å². The van der Waals surface area contributed by atoms with Gasteiger partial charge in [-0.15, -0.1) is 22.7 Å². The minimum atomic E-state index is -0.398. The fourth-order valence-corrected chi connectivity index (χ4v) is 2.87. The zero-order valence-corrected chi connectivity index (χ0v) is 11.3. The summed E-state index contributed by atoms with van der Waals surface area (Å²) in [4.78, 5) is 24.0. The number of hydrogen-bond acceptors (Lipinski definition) is 5. The van der Waals surface area contributed by atoms with E-state index in [2.05, 4.69) is 10.1 Å². The van der Waals surface area contributed by atoms with Gasteiger partial charge in [0, 0.05) is 10.3 Å². The number of nitrogens with one attached hydrogen (secondary N) is 1. The first-order valence-corrected chi connectivity index (χ1v) is 6.94. The first-order valence-electron chi connectivity index (χ1n) is 5.18. The SMILES string of the molecule is COC(=O)c1csc(NC(=O)Cc2cccs2)c1. The Hall–Kier alpha value is -1.66. The number of methoxy groups -OCH3 is 1. The Morgan fingerprint density at radius 3 is 2.89 bits per heavy atom. The third-order valence-corrected chi connectivity index (χ3v) is 3.92. The molecule has 0 unspecified atom stereocenters. The second kappa shape index (κ2) is 5.79. The van der Waals surface area contributed by atoms with Crippen LogP contribution in [-0.4, -0.2) is 19.0 Å². The van der Waals surface area contributed by atoms with Crippen LogP contribution in [0.15, 0.2) is 29.0 Å².